The third kappa shape index (κ3) is 2.87. The van der Waals surface area contributed by atoms with Crippen LogP contribution in [0.25, 0.3) is 17.5 Å². The van der Waals surface area contributed by atoms with E-state index in [0.29, 0.717) is 0 Å². The molecule has 1 unspecified atom stereocenters. The maximum absolute atomic E-state index is 11.4. The van der Waals surface area contributed by atoms with Crippen molar-refractivity contribution in [3.05, 3.63) is 69.4 Å². The van der Waals surface area contributed by atoms with Crippen LogP contribution in [0.3, 0.4) is 0 Å². The summed E-state index contributed by atoms with van der Waals surface area (Å²) in [5, 5.41) is 6.75. The molecule has 2 aromatic heterocycles. The second kappa shape index (κ2) is 6.05. The molecule has 0 bridgehead atoms. The van der Waals surface area contributed by atoms with Crippen molar-refractivity contribution in [1.29, 1.82) is 0 Å². The van der Waals surface area contributed by atoms with E-state index in [1.54, 1.807) is 13.2 Å². The fourth-order valence-electron chi connectivity index (χ4n) is 3.17. The molecule has 1 aliphatic rings. The van der Waals surface area contributed by atoms with Crippen LogP contribution in [0, 0.1) is 6.92 Å². The normalized spacial score (nSPS) is 15.8. The van der Waals surface area contributed by atoms with Gasteiger partial charge in [0.2, 0.25) is 0 Å². The number of nitrogens with zero attached hydrogens (tertiary/aromatic N) is 2. The van der Waals surface area contributed by atoms with Gasteiger partial charge in [-0.3, -0.25) is 4.79 Å². The molecule has 6 nitrogen and oxygen atoms in total. The summed E-state index contributed by atoms with van der Waals surface area (Å²) in [5.41, 5.74) is 4.65. The highest BCUT2D eigenvalue weighted by Gasteiger charge is 2.22. The highest BCUT2D eigenvalue weighted by Crippen LogP contribution is 2.31. The smallest absolute Gasteiger partial charge is 0.264 e. The molecule has 0 aliphatic heterocycles. The van der Waals surface area contributed by atoms with Gasteiger partial charge in [0.05, 0.1) is 18.5 Å². The molecule has 25 heavy (non-hydrogen) atoms. The minimum atomic E-state index is -0.176. The number of benzene rings is 1. The fraction of sp³-hybridized carbons (Fsp3) is 0.211. The molecule has 3 aromatic rings. The quantitative estimate of drug-likeness (QED) is 0.771. The number of aromatic nitrogens is 4. The fourth-order valence-corrected chi connectivity index (χ4v) is 3.17. The van der Waals surface area contributed by atoms with Gasteiger partial charge in [0.1, 0.15) is 11.6 Å². The van der Waals surface area contributed by atoms with Gasteiger partial charge in [-0.25, -0.2) is 10.1 Å². The Hall–Kier alpha value is -3.15. The lowest BCUT2D eigenvalue weighted by Gasteiger charge is -2.16. The Kier molecular flexibility index (Phi) is 3.72. The van der Waals surface area contributed by atoms with E-state index in [4.69, 9.17) is 4.74 Å². The molecule has 0 saturated carbocycles. The molecule has 1 aliphatic carbocycles. The van der Waals surface area contributed by atoms with Crippen LogP contribution in [-0.2, 0) is 6.42 Å². The summed E-state index contributed by atoms with van der Waals surface area (Å²) in [6.45, 7) is 1.91. The van der Waals surface area contributed by atoms with Crippen molar-refractivity contribution < 1.29 is 4.74 Å². The van der Waals surface area contributed by atoms with E-state index in [-0.39, 0.29) is 11.5 Å². The van der Waals surface area contributed by atoms with Gasteiger partial charge in [-0.05, 0) is 42.8 Å². The summed E-state index contributed by atoms with van der Waals surface area (Å²) in [5.74, 6) is 1.78. The van der Waals surface area contributed by atoms with Gasteiger partial charge in [0.15, 0.2) is 0 Å². The van der Waals surface area contributed by atoms with Crippen molar-refractivity contribution in [3.8, 4) is 17.1 Å². The number of hydrogen-bond donors (Lipinski definition) is 2. The molecule has 1 aromatic carbocycles. The van der Waals surface area contributed by atoms with Crippen LogP contribution < -0.4 is 10.3 Å². The van der Waals surface area contributed by atoms with Crippen molar-refractivity contribution in [3.63, 3.8) is 0 Å². The van der Waals surface area contributed by atoms with E-state index in [0.717, 1.165) is 46.2 Å². The molecule has 6 heteroatoms. The summed E-state index contributed by atoms with van der Waals surface area (Å²) in [7, 11) is 1.65. The van der Waals surface area contributed by atoms with Crippen LogP contribution in [0.15, 0.2) is 41.2 Å². The molecular formula is C19H18N4O2. The third-order valence-corrected chi connectivity index (χ3v) is 4.47. The van der Waals surface area contributed by atoms with Crippen molar-refractivity contribution in [2.75, 3.05) is 7.11 Å². The van der Waals surface area contributed by atoms with Gasteiger partial charge in [0, 0.05) is 29.7 Å². The molecule has 0 saturated heterocycles. The number of rotatable bonds is 3. The number of ether oxygens (including phenoxy) is 1. The maximum atomic E-state index is 11.4. The minimum absolute atomic E-state index is 0.119. The van der Waals surface area contributed by atoms with Crippen LogP contribution in [0.4, 0.5) is 0 Å². The molecule has 1 atom stereocenters. The average molecular weight is 334 g/mol. The maximum Gasteiger partial charge on any atom is 0.264 e. The van der Waals surface area contributed by atoms with Crippen molar-refractivity contribution in [2.24, 2.45) is 0 Å². The Morgan fingerprint density at radius 1 is 1.24 bits per heavy atom. The second-order valence-corrected chi connectivity index (χ2v) is 6.15. The Labute approximate surface area is 144 Å². The van der Waals surface area contributed by atoms with Crippen molar-refractivity contribution >= 4 is 6.08 Å². The van der Waals surface area contributed by atoms with E-state index in [2.05, 4.69) is 26.2 Å². The zero-order valence-electron chi connectivity index (χ0n) is 14.0. The summed E-state index contributed by atoms with van der Waals surface area (Å²) in [6, 6.07) is 9.39. The van der Waals surface area contributed by atoms with E-state index in [1.807, 2.05) is 37.3 Å². The van der Waals surface area contributed by atoms with Gasteiger partial charge < -0.3 is 9.72 Å². The Bertz CT molecular complexity index is 999. The zero-order valence-corrected chi connectivity index (χ0v) is 14.0. The first-order chi connectivity index (χ1) is 12.1. The molecule has 0 amide bonds. The number of methoxy groups -OCH3 is 1. The molecule has 2 heterocycles. The molecule has 4 rings (SSSR count). The minimum Gasteiger partial charge on any atom is -0.497 e. The average Bonchev–Trinajstić information content (AvgIpc) is 3.05. The number of H-pyrrole nitrogens is 2. The third-order valence-electron chi connectivity index (χ3n) is 4.47. The monoisotopic (exact) mass is 334 g/mol. The number of nitrogens with one attached hydrogen (secondary N) is 2. The molecule has 0 spiro atoms. The van der Waals surface area contributed by atoms with E-state index >= 15 is 0 Å². The van der Waals surface area contributed by atoms with Crippen LogP contribution in [-0.4, -0.2) is 27.3 Å². The highest BCUT2D eigenvalue weighted by molar-refractivity contribution is 5.62. The lowest BCUT2D eigenvalue weighted by molar-refractivity contribution is 0.415. The number of aromatic amines is 2. The highest BCUT2D eigenvalue weighted by atomic mass is 16.5. The molecule has 0 radical (unpaired) electrons. The summed E-state index contributed by atoms with van der Waals surface area (Å²) in [6.07, 6.45) is 4.88. The number of allylic oxidation sites excluding steroid dienone is 1. The Morgan fingerprint density at radius 2 is 2.04 bits per heavy atom. The van der Waals surface area contributed by atoms with E-state index in [9.17, 15) is 4.79 Å². The summed E-state index contributed by atoms with van der Waals surface area (Å²) >= 11 is 0. The van der Waals surface area contributed by atoms with Crippen LogP contribution in [0.2, 0.25) is 0 Å². The Balaban J connectivity index is 1.63. The van der Waals surface area contributed by atoms with Gasteiger partial charge in [-0.2, -0.15) is 5.10 Å². The second-order valence-electron chi connectivity index (χ2n) is 6.15. The largest absolute Gasteiger partial charge is 0.497 e. The van der Waals surface area contributed by atoms with Gasteiger partial charge in [0.25, 0.3) is 5.56 Å². The molecule has 2 N–H and O–H groups in total. The van der Waals surface area contributed by atoms with Gasteiger partial charge in [-0.15, -0.1) is 0 Å². The van der Waals surface area contributed by atoms with E-state index in [1.165, 1.54) is 0 Å². The van der Waals surface area contributed by atoms with Gasteiger partial charge in [-0.1, -0.05) is 6.08 Å². The summed E-state index contributed by atoms with van der Waals surface area (Å²) in [4.78, 5) is 19.5. The lowest BCUT2D eigenvalue weighted by atomic mass is 9.91. The Morgan fingerprint density at radius 3 is 2.76 bits per heavy atom. The first-order valence-corrected chi connectivity index (χ1v) is 8.12. The van der Waals surface area contributed by atoms with Crippen molar-refractivity contribution in [1.82, 2.24) is 20.2 Å². The first kappa shape index (κ1) is 15.4. The van der Waals surface area contributed by atoms with Crippen LogP contribution in [0.5, 0.6) is 5.75 Å². The van der Waals surface area contributed by atoms with Crippen molar-refractivity contribution in [2.45, 2.75) is 19.3 Å². The number of aryl methyl sites for hydroxylation is 1. The molecule has 126 valence electrons. The zero-order chi connectivity index (χ0) is 17.4. The predicted octanol–water partition coefficient (Wildman–Crippen LogP) is 2.83. The summed E-state index contributed by atoms with van der Waals surface area (Å²) < 4.78 is 5.20. The van der Waals surface area contributed by atoms with Crippen LogP contribution >= 0.6 is 0 Å². The topological polar surface area (TPSA) is 83.7 Å². The lowest BCUT2D eigenvalue weighted by Crippen LogP contribution is -2.15. The van der Waals surface area contributed by atoms with Crippen LogP contribution in [0.1, 0.15) is 28.6 Å². The van der Waals surface area contributed by atoms with Gasteiger partial charge >= 0.3 is 0 Å². The number of fused-ring (bicyclic) bond motifs is 1. The standard InChI is InChI=1S/C19H18N4O2/c1-11-9-17(24)22-23-18(11)13-5-8-15-16(10-13)21-19(20-15)12-3-6-14(25-2)7-4-12/h3-9,13H,10H2,1-2H3,(H,20,21)(H,22,24). The number of imidazole rings is 1. The number of hydrogen-bond acceptors (Lipinski definition) is 4. The molecule has 0 fully saturated rings. The molecular weight excluding hydrogens is 316 g/mol. The first-order valence-electron chi connectivity index (χ1n) is 8.12. The van der Waals surface area contributed by atoms with E-state index < -0.39 is 0 Å². The predicted molar refractivity (Wildman–Crippen MR) is 95.6 cm³/mol. The SMILES string of the molecule is COc1ccc(-c2nc3c([nH]2)CC(c2n[nH]c(=O)cc2C)C=C3)cc1.